The average molecular weight is 298 g/mol. The van der Waals surface area contributed by atoms with Crippen molar-refractivity contribution in [2.45, 2.75) is 13.0 Å². The van der Waals surface area contributed by atoms with Gasteiger partial charge in [-0.1, -0.05) is 11.6 Å². The van der Waals surface area contributed by atoms with Gasteiger partial charge in [0.05, 0.1) is 10.4 Å². The van der Waals surface area contributed by atoms with Crippen molar-refractivity contribution in [2.75, 3.05) is 0 Å². The Morgan fingerprint density at radius 1 is 1.26 bits per heavy atom. The van der Waals surface area contributed by atoms with Crippen LogP contribution in [0.25, 0.3) is 0 Å². The average Bonchev–Trinajstić information content (AvgIpc) is 2.74. The largest absolute Gasteiger partial charge is 0.508 e. The van der Waals surface area contributed by atoms with Gasteiger partial charge in [-0.25, -0.2) is 0 Å². The maximum Gasteiger partial charge on any atom is 0.252 e. The van der Waals surface area contributed by atoms with Crippen LogP contribution in [0.1, 0.15) is 28.2 Å². The van der Waals surface area contributed by atoms with Gasteiger partial charge in [0.2, 0.25) is 0 Å². The molecule has 19 heavy (non-hydrogen) atoms. The Labute approximate surface area is 119 Å². The zero-order valence-corrected chi connectivity index (χ0v) is 11.6. The van der Waals surface area contributed by atoms with E-state index >= 15 is 0 Å². The molecule has 1 unspecified atom stereocenters. The van der Waals surface area contributed by atoms with Crippen LogP contribution in [0.15, 0.2) is 30.3 Å². The molecule has 0 saturated carbocycles. The van der Waals surface area contributed by atoms with E-state index in [0.29, 0.717) is 4.34 Å². The third-order valence-corrected chi connectivity index (χ3v) is 3.95. The summed E-state index contributed by atoms with van der Waals surface area (Å²) in [5.41, 5.74) is 0.201. The fraction of sp³-hybridized carbons (Fsp3) is 0.154. The first-order chi connectivity index (χ1) is 8.95. The van der Waals surface area contributed by atoms with Crippen LogP contribution in [0.4, 0.5) is 0 Å². The van der Waals surface area contributed by atoms with Crippen LogP contribution in [0.2, 0.25) is 4.34 Å². The summed E-state index contributed by atoms with van der Waals surface area (Å²) in [6.45, 7) is 1.84. The fourth-order valence-electron chi connectivity index (χ4n) is 1.64. The molecule has 1 amide bonds. The van der Waals surface area contributed by atoms with Crippen molar-refractivity contribution < 1.29 is 15.0 Å². The number of nitrogens with one attached hydrogen (secondary N) is 1. The molecule has 1 atom stereocenters. The van der Waals surface area contributed by atoms with Gasteiger partial charge in [0.15, 0.2) is 0 Å². The highest BCUT2D eigenvalue weighted by Crippen LogP contribution is 2.27. The molecule has 0 fully saturated rings. The van der Waals surface area contributed by atoms with E-state index in [1.54, 1.807) is 6.07 Å². The molecule has 1 aromatic carbocycles. The van der Waals surface area contributed by atoms with E-state index in [9.17, 15) is 15.0 Å². The highest BCUT2D eigenvalue weighted by molar-refractivity contribution is 7.16. The lowest BCUT2D eigenvalue weighted by molar-refractivity contribution is 0.0939. The molecule has 0 radical (unpaired) electrons. The molecule has 0 spiro atoms. The molecule has 0 aliphatic rings. The topological polar surface area (TPSA) is 69.6 Å². The summed E-state index contributed by atoms with van der Waals surface area (Å²) in [5.74, 6) is -0.683. The lowest BCUT2D eigenvalue weighted by Gasteiger charge is -2.12. The van der Waals surface area contributed by atoms with Crippen LogP contribution in [0, 0.1) is 0 Å². The molecular weight excluding hydrogens is 286 g/mol. The lowest BCUT2D eigenvalue weighted by atomic mass is 10.1. The van der Waals surface area contributed by atoms with Gasteiger partial charge in [-0.15, -0.1) is 11.3 Å². The molecule has 0 aliphatic heterocycles. The Balaban J connectivity index is 2.12. The molecule has 2 aromatic rings. The molecule has 4 nitrogen and oxygen atoms in total. The second-order valence-electron chi connectivity index (χ2n) is 4.08. The third kappa shape index (κ3) is 3.39. The van der Waals surface area contributed by atoms with E-state index in [0.717, 1.165) is 4.88 Å². The molecule has 1 aromatic heterocycles. The summed E-state index contributed by atoms with van der Waals surface area (Å²) in [5, 5.41) is 21.5. The fourth-order valence-corrected chi connectivity index (χ4v) is 2.70. The van der Waals surface area contributed by atoms with Crippen molar-refractivity contribution in [3.05, 3.63) is 45.1 Å². The summed E-state index contributed by atoms with van der Waals surface area (Å²) < 4.78 is 0.658. The van der Waals surface area contributed by atoms with Crippen molar-refractivity contribution in [2.24, 2.45) is 0 Å². The molecule has 0 bridgehead atoms. The van der Waals surface area contributed by atoms with Crippen molar-refractivity contribution in [1.82, 2.24) is 5.32 Å². The third-order valence-electron chi connectivity index (χ3n) is 2.53. The predicted molar refractivity (Wildman–Crippen MR) is 75.0 cm³/mol. The zero-order valence-electron chi connectivity index (χ0n) is 10.1. The quantitative estimate of drug-likeness (QED) is 0.814. The number of rotatable bonds is 3. The van der Waals surface area contributed by atoms with Crippen molar-refractivity contribution in [1.29, 1.82) is 0 Å². The second kappa shape index (κ2) is 5.50. The normalized spacial score (nSPS) is 12.1. The summed E-state index contributed by atoms with van der Waals surface area (Å²) in [7, 11) is 0. The number of amides is 1. The van der Waals surface area contributed by atoms with Crippen LogP contribution in [-0.4, -0.2) is 16.1 Å². The van der Waals surface area contributed by atoms with Gasteiger partial charge < -0.3 is 15.5 Å². The standard InChI is InChI=1S/C13H12ClNO3S/c1-7(11-2-3-12(14)19-11)15-13(18)8-4-9(16)6-10(17)5-8/h2-7,16-17H,1H3,(H,15,18). The minimum Gasteiger partial charge on any atom is -0.508 e. The number of thiophene rings is 1. The van der Waals surface area contributed by atoms with E-state index in [-0.39, 0.29) is 29.0 Å². The number of hydrogen-bond acceptors (Lipinski definition) is 4. The number of benzene rings is 1. The highest BCUT2D eigenvalue weighted by Gasteiger charge is 2.14. The smallest absolute Gasteiger partial charge is 0.252 e. The van der Waals surface area contributed by atoms with E-state index in [1.165, 1.54) is 29.5 Å². The Kier molecular flexibility index (Phi) is 3.97. The van der Waals surface area contributed by atoms with Crippen molar-refractivity contribution in [3.8, 4) is 11.5 Å². The Morgan fingerprint density at radius 3 is 2.42 bits per heavy atom. The number of halogens is 1. The number of phenols is 2. The molecule has 3 N–H and O–H groups in total. The van der Waals surface area contributed by atoms with Gasteiger partial charge in [-0.3, -0.25) is 4.79 Å². The summed E-state index contributed by atoms with van der Waals surface area (Å²) in [6, 6.07) is 7.17. The van der Waals surface area contributed by atoms with Gasteiger partial charge in [-0.05, 0) is 31.2 Å². The Bertz CT molecular complexity index is 591. The zero-order chi connectivity index (χ0) is 14.0. The predicted octanol–water partition coefficient (Wildman–Crippen LogP) is 3.30. The highest BCUT2D eigenvalue weighted by atomic mass is 35.5. The summed E-state index contributed by atoms with van der Waals surface area (Å²) in [6.07, 6.45) is 0. The molecule has 6 heteroatoms. The molecule has 0 saturated heterocycles. The van der Waals surface area contributed by atoms with Gasteiger partial charge in [0.1, 0.15) is 11.5 Å². The van der Waals surface area contributed by atoms with Crippen LogP contribution in [0.3, 0.4) is 0 Å². The molecule has 0 aliphatic carbocycles. The van der Waals surface area contributed by atoms with Crippen molar-refractivity contribution >= 4 is 28.8 Å². The minimum absolute atomic E-state index is 0.156. The van der Waals surface area contributed by atoms with Crippen LogP contribution in [-0.2, 0) is 0 Å². The van der Waals surface area contributed by atoms with Gasteiger partial charge in [0, 0.05) is 16.5 Å². The number of hydrogen-bond donors (Lipinski definition) is 3. The van der Waals surface area contributed by atoms with Crippen molar-refractivity contribution in [3.63, 3.8) is 0 Å². The molecule has 2 rings (SSSR count). The first-order valence-corrected chi connectivity index (χ1v) is 6.74. The van der Waals surface area contributed by atoms with Crippen LogP contribution >= 0.6 is 22.9 Å². The lowest BCUT2D eigenvalue weighted by Crippen LogP contribution is -2.26. The number of carbonyl (C=O) groups is 1. The van der Waals surface area contributed by atoms with E-state index in [4.69, 9.17) is 11.6 Å². The van der Waals surface area contributed by atoms with Crippen LogP contribution in [0.5, 0.6) is 11.5 Å². The molecular formula is C13H12ClNO3S. The number of carbonyl (C=O) groups excluding carboxylic acids is 1. The van der Waals surface area contributed by atoms with E-state index in [2.05, 4.69) is 5.32 Å². The Hall–Kier alpha value is -1.72. The number of aromatic hydroxyl groups is 2. The molecule has 1 heterocycles. The summed E-state index contributed by atoms with van der Waals surface area (Å²) >= 11 is 7.23. The first kappa shape index (κ1) is 13.7. The first-order valence-electron chi connectivity index (χ1n) is 5.55. The maximum absolute atomic E-state index is 12.0. The van der Waals surface area contributed by atoms with Crippen LogP contribution < -0.4 is 5.32 Å². The maximum atomic E-state index is 12.0. The monoisotopic (exact) mass is 297 g/mol. The Morgan fingerprint density at radius 2 is 1.89 bits per heavy atom. The van der Waals surface area contributed by atoms with Gasteiger partial charge in [0.25, 0.3) is 5.91 Å². The second-order valence-corrected chi connectivity index (χ2v) is 5.82. The van der Waals surface area contributed by atoms with Gasteiger partial charge >= 0.3 is 0 Å². The van der Waals surface area contributed by atoms with Gasteiger partial charge in [-0.2, -0.15) is 0 Å². The van der Waals surface area contributed by atoms with E-state index < -0.39 is 0 Å². The number of phenolic OH excluding ortho intramolecular Hbond substituents is 2. The van der Waals surface area contributed by atoms with E-state index in [1.807, 2.05) is 13.0 Å². The molecule has 100 valence electrons. The minimum atomic E-state index is -0.372. The SMILES string of the molecule is CC(NC(=O)c1cc(O)cc(O)c1)c1ccc(Cl)s1. The summed E-state index contributed by atoms with van der Waals surface area (Å²) in [4.78, 5) is 12.9.